The summed E-state index contributed by atoms with van der Waals surface area (Å²) < 4.78 is 7.73. The number of hydrogen-bond donors (Lipinski definition) is 2. The highest BCUT2D eigenvalue weighted by Crippen LogP contribution is 2.37. The Labute approximate surface area is 213 Å². The van der Waals surface area contributed by atoms with Gasteiger partial charge in [0.15, 0.2) is 5.69 Å². The highest BCUT2D eigenvalue weighted by atomic mass is 16.3. The van der Waals surface area contributed by atoms with Crippen LogP contribution in [0.1, 0.15) is 94.4 Å². The standard InChI is InChI=1S/C28H38N6O2/c1-17(2)20-7-9-22(10-8-20)34-15-23(26(33-34)18(3)4)31-27(35)24-16-36-28(32-24)21-11-12-29-25(13-21)30-14-19-5-6-19/h11-13,15-20,22H,5-10,14H2,1-4H3,(H,29,30)(H,31,35). The molecule has 3 heterocycles. The topological polar surface area (TPSA) is 97.9 Å². The second-order valence-corrected chi connectivity index (χ2v) is 11.1. The van der Waals surface area contributed by atoms with E-state index in [1.54, 1.807) is 6.20 Å². The molecule has 3 aromatic heterocycles. The van der Waals surface area contributed by atoms with Crippen LogP contribution in [0.25, 0.3) is 11.5 Å². The first-order valence-corrected chi connectivity index (χ1v) is 13.4. The maximum absolute atomic E-state index is 13.1. The number of oxazole rings is 1. The largest absolute Gasteiger partial charge is 0.444 e. The van der Waals surface area contributed by atoms with Crippen LogP contribution >= 0.6 is 0 Å². The number of hydrogen-bond acceptors (Lipinski definition) is 6. The van der Waals surface area contributed by atoms with Gasteiger partial charge in [0, 0.05) is 24.5 Å². The minimum absolute atomic E-state index is 0.194. The molecular weight excluding hydrogens is 452 g/mol. The maximum Gasteiger partial charge on any atom is 0.277 e. The van der Waals surface area contributed by atoms with E-state index in [1.165, 1.54) is 31.9 Å². The van der Waals surface area contributed by atoms with Crippen molar-refractivity contribution in [2.45, 2.75) is 78.2 Å². The Balaban J connectivity index is 1.27. The molecule has 2 aliphatic rings. The van der Waals surface area contributed by atoms with Crippen molar-refractivity contribution in [3.8, 4) is 11.5 Å². The van der Waals surface area contributed by atoms with Gasteiger partial charge in [-0.2, -0.15) is 5.10 Å². The van der Waals surface area contributed by atoms with Gasteiger partial charge in [0.05, 0.1) is 17.4 Å². The van der Waals surface area contributed by atoms with Gasteiger partial charge < -0.3 is 15.1 Å². The molecule has 0 radical (unpaired) electrons. The van der Waals surface area contributed by atoms with Crippen LogP contribution in [-0.2, 0) is 0 Å². The molecule has 1 amide bonds. The fourth-order valence-electron chi connectivity index (χ4n) is 5.08. The molecule has 36 heavy (non-hydrogen) atoms. The predicted octanol–water partition coefficient (Wildman–Crippen LogP) is 6.52. The summed E-state index contributed by atoms with van der Waals surface area (Å²) >= 11 is 0. The number of carbonyl (C=O) groups excluding carboxylic acids is 1. The lowest BCUT2D eigenvalue weighted by atomic mass is 9.80. The van der Waals surface area contributed by atoms with Crippen LogP contribution < -0.4 is 10.6 Å². The van der Waals surface area contributed by atoms with Crippen molar-refractivity contribution in [3.05, 3.63) is 42.2 Å². The van der Waals surface area contributed by atoms with Crippen molar-refractivity contribution in [2.75, 3.05) is 17.2 Å². The number of rotatable bonds is 9. The second kappa shape index (κ2) is 10.4. The fourth-order valence-corrected chi connectivity index (χ4v) is 5.08. The molecule has 2 aliphatic carbocycles. The minimum atomic E-state index is -0.295. The summed E-state index contributed by atoms with van der Waals surface area (Å²) in [4.78, 5) is 21.9. The van der Waals surface area contributed by atoms with E-state index in [-0.39, 0.29) is 17.5 Å². The average Bonchev–Trinajstić information content (AvgIpc) is 3.39. The highest BCUT2D eigenvalue weighted by molar-refractivity contribution is 6.03. The van der Waals surface area contributed by atoms with Crippen LogP contribution in [0.2, 0.25) is 0 Å². The zero-order valence-electron chi connectivity index (χ0n) is 21.8. The molecule has 8 nitrogen and oxygen atoms in total. The molecule has 0 saturated heterocycles. The SMILES string of the molecule is CC(C)c1nn(C2CCC(C(C)C)CC2)cc1NC(=O)c1coc(-c2ccnc(NCC3CC3)c2)n1. The smallest absolute Gasteiger partial charge is 0.277 e. The molecule has 5 rings (SSSR count). The zero-order valence-corrected chi connectivity index (χ0v) is 21.8. The number of nitrogens with one attached hydrogen (secondary N) is 2. The normalized spacial score (nSPS) is 20.2. The summed E-state index contributed by atoms with van der Waals surface area (Å²) in [5.74, 6) is 3.37. The second-order valence-electron chi connectivity index (χ2n) is 11.1. The molecule has 8 heteroatoms. The van der Waals surface area contributed by atoms with Gasteiger partial charge in [-0.15, -0.1) is 0 Å². The molecule has 2 saturated carbocycles. The van der Waals surface area contributed by atoms with Crippen molar-refractivity contribution >= 4 is 17.4 Å². The van der Waals surface area contributed by atoms with Crippen molar-refractivity contribution in [1.29, 1.82) is 0 Å². The van der Waals surface area contributed by atoms with E-state index in [2.05, 4.69) is 53.0 Å². The molecule has 192 valence electrons. The Morgan fingerprint density at radius 2 is 1.92 bits per heavy atom. The summed E-state index contributed by atoms with van der Waals surface area (Å²) in [6.07, 6.45) is 12.4. The Bertz CT molecular complexity index is 1180. The van der Waals surface area contributed by atoms with E-state index in [1.807, 2.05) is 18.3 Å². The maximum atomic E-state index is 13.1. The summed E-state index contributed by atoms with van der Waals surface area (Å²) in [6, 6.07) is 4.13. The van der Waals surface area contributed by atoms with Gasteiger partial charge >= 0.3 is 0 Å². The van der Waals surface area contributed by atoms with E-state index in [9.17, 15) is 4.79 Å². The van der Waals surface area contributed by atoms with E-state index < -0.39 is 0 Å². The van der Waals surface area contributed by atoms with Crippen LogP contribution in [0, 0.1) is 17.8 Å². The van der Waals surface area contributed by atoms with Crippen LogP contribution in [-0.4, -0.2) is 32.2 Å². The van der Waals surface area contributed by atoms with Crippen LogP contribution in [0.15, 0.2) is 35.2 Å². The van der Waals surface area contributed by atoms with Crippen molar-refractivity contribution < 1.29 is 9.21 Å². The zero-order chi connectivity index (χ0) is 25.2. The lowest BCUT2D eigenvalue weighted by molar-refractivity contribution is 0.102. The molecule has 2 N–H and O–H groups in total. The molecule has 0 unspecified atom stereocenters. The summed E-state index contributed by atoms with van der Waals surface area (Å²) in [7, 11) is 0. The van der Waals surface area contributed by atoms with Crippen LogP contribution in [0.4, 0.5) is 11.5 Å². The molecule has 0 aromatic carbocycles. The number of nitrogens with zero attached hydrogens (tertiary/aromatic N) is 4. The molecule has 0 spiro atoms. The Morgan fingerprint density at radius 1 is 1.14 bits per heavy atom. The van der Waals surface area contributed by atoms with Gasteiger partial charge in [0.2, 0.25) is 5.89 Å². The molecule has 0 atom stereocenters. The number of amides is 1. The number of pyridine rings is 1. The third-order valence-electron chi connectivity index (χ3n) is 7.63. The van der Waals surface area contributed by atoms with E-state index in [4.69, 9.17) is 9.52 Å². The van der Waals surface area contributed by atoms with E-state index in [0.29, 0.717) is 11.9 Å². The summed E-state index contributed by atoms with van der Waals surface area (Å²) in [5, 5.41) is 11.3. The quantitative estimate of drug-likeness (QED) is 0.354. The van der Waals surface area contributed by atoms with Gasteiger partial charge in [-0.25, -0.2) is 9.97 Å². The van der Waals surface area contributed by atoms with Crippen molar-refractivity contribution in [3.63, 3.8) is 0 Å². The average molecular weight is 491 g/mol. The van der Waals surface area contributed by atoms with Crippen LogP contribution in [0.3, 0.4) is 0 Å². The first-order chi connectivity index (χ1) is 17.4. The number of carbonyl (C=O) groups is 1. The Hall–Kier alpha value is -3.16. The predicted molar refractivity (Wildman–Crippen MR) is 141 cm³/mol. The monoisotopic (exact) mass is 490 g/mol. The fraction of sp³-hybridized carbons (Fsp3) is 0.571. The summed E-state index contributed by atoms with van der Waals surface area (Å²) in [6.45, 7) is 9.77. The minimum Gasteiger partial charge on any atom is -0.444 e. The van der Waals surface area contributed by atoms with Crippen molar-refractivity contribution in [2.24, 2.45) is 17.8 Å². The molecule has 0 aliphatic heterocycles. The molecule has 3 aromatic rings. The van der Waals surface area contributed by atoms with Gasteiger partial charge in [-0.05, 0) is 74.3 Å². The van der Waals surface area contributed by atoms with E-state index in [0.717, 1.165) is 59.9 Å². The number of anilines is 2. The summed E-state index contributed by atoms with van der Waals surface area (Å²) in [5.41, 5.74) is 2.68. The molecule has 2 fully saturated rings. The number of aromatic nitrogens is 4. The lowest BCUT2D eigenvalue weighted by Crippen LogP contribution is -2.21. The molecular formula is C28H38N6O2. The highest BCUT2D eigenvalue weighted by Gasteiger charge is 2.27. The van der Waals surface area contributed by atoms with E-state index >= 15 is 0 Å². The van der Waals surface area contributed by atoms with Crippen molar-refractivity contribution in [1.82, 2.24) is 19.7 Å². The first-order valence-electron chi connectivity index (χ1n) is 13.4. The first kappa shape index (κ1) is 24.5. The van der Waals surface area contributed by atoms with Crippen LogP contribution in [0.5, 0.6) is 0 Å². The third kappa shape index (κ3) is 5.63. The third-order valence-corrected chi connectivity index (χ3v) is 7.63. The molecule has 0 bridgehead atoms. The lowest BCUT2D eigenvalue weighted by Gasteiger charge is -2.30. The van der Waals surface area contributed by atoms with Gasteiger partial charge in [-0.3, -0.25) is 9.48 Å². The Morgan fingerprint density at radius 3 is 2.61 bits per heavy atom. The Kier molecular flexibility index (Phi) is 7.12. The van der Waals surface area contributed by atoms with Gasteiger partial charge in [-0.1, -0.05) is 27.7 Å². The van der Waals surface area contributed by atoms with Gasteiger partial charge in [0.1, 0.15) is 12.1 Å². The van der Waals surface area contributed by atoms with Gasteiger partial charge in [0.25, 0.3) is 5.91 Å².